The third-order valence-electron chi connectivity index (χ3n) is 4.23. The molecule has 0 unspecified atom stereocenters. The minimum atomic E-state index is -1.53. The Labute approximate surface area is 187 Å². The summed E-state index contributed by atoms with van der Waals surface area (Å²) in [7, 11) is 1.55. The van der Waals surface area contributed by atoms with Gasteiger partial charge in [0.15, 0.2) is 0 Å². The van der Waals surface area contributed by atoms with E-state index < -0.39 is 36.0 Å². The molecule has 1 aromatic rings. The van der Waals surface area contributed by atoms with Crippen LogP contribution in [0.5, 0.6) is 5.75 Å². The number of hydrogen-bond donors (Lipinski definition) is 2. The average Bonchev–Trinajstić information content (AvgIpc) is 2.69. The van der Waals surface area contributed by atoms with Gasteiger partial charge in [-0.2, -0.15) is 0 Å². The number of aliphatic hydroxyl groups is 1. The summed E-state index contributed by atoms with van der Waals surface area (Å²) < 4.78 is 10.1. The van der Waals surface area contributed by atoms with Crippen molar-refractivity contribution in [1.29, 1.82) is 0 Å². The number of carbonyl (C=O) groups is 3. The van der Waals surface area contributed by atoms with Gasteiger partial charge in [-0.05, 0) is 23.3 Å². The number of thioether (sulfide) groups is 1. The summed E-state index contributed by atoms with van der Waals surface area (Å²) in [6.07, 6.45) is -0.781. The topological polar surface area (TPSA) is 128 Å². The van der Waals surface area contributed by atoms with Gasteiger partial charge in [-0.15, -0.1) is 11.8 Å². The summed E-state index contributed by atoms with van der Waals surface area (Å²) in [5.74, 6) is -1.21. The summed E-state index contributed by atoms with van der Waals surface area (Å²) in [5, 5.41) is 22.4. The molecule has 2 atom stereocenters. The van der Waals surface area contributed by atoms with Crippen LogP contribution in [0.4, 0.5) is 4.79 Å². The van der Waals surface area contributed by atoms with Gasteiger partial charge in [-0.1, -0.05) is 12.1 Å². The minimum Gasteiger partial charge on any atom is -0.543 e. The molecule has 9 nitrogen and oxygen atoms in total. The van der Waals surface area contributed by atoms with Crippen molar-refractivity contribution in [2.75, 3.05) is 19.5 Å². The number of amides is 2. The van der Waals surface area contributed by atoms with Crippen LogP contribution in [-0.4, -0.2) is 58.9 Å². The van der Waals surface area contributed by atoms with Crippen molar-refractivity contribution in [3.8, 4) is 5.75 Å². The zero-order valence-electron chi connectivity index (χ0n) is 15.3. The first kappa shape index (κ1) is 22.6. The van der Waals surface area contributed by atoms with E-state index in [1.54, 1.807) is 31.4 Å². The number of methoxy groups -OCH3 is 1. The molecule has 0 radical (unpaired) electrons. The predicted molar refractivity (Wildman–Crippen MR) is 92.3 cm³/mol. The molecule has 1 aromatic carbocycles. The van der Waals surface area contributed by atoms with E-state index in [0.29, 0.717) is 5.75 Å². The van der Waals surface area contributed by atoms with Crippen LogP contribution < -0.4 is 44.7 Å². The van der Waals surface area contributed by atoms with Crippen LogP contribution in [0.3, 0.4) is 0 Å². The maximum absolute atomic E-state index is 12.3. The average molecular weight is 416 g/mol. The fraction of sp³-hybridized carbons (Fsp3) is 0.353. The van der Waals surface area contributed by atoms with E-state index in [4.69, 9.17) is 9.47 Å². The van der Waals surface area contributed by atoms with Gasteiger partial charge < -0.3 is 29.8 Å². The molecule has 2 N–H and O–H groups in total. The van der Waals surface area contributed by atoms with Crippen LogP contribution in [0.25, 0.3) is 0 Å². The number of carboxylic acid groups (broad SMARTS) is 1. The molecule has 2 amide bonds. The Kier molecular flexibility index (Phi) is 7.79. The van der Waals surface area contributed by atoms with Crippen LogP contribution in [-0.2, 0) is 20.9 Å². The van der Waals surface area contributed by atoms with Crippen molar-refractivity contribution in [2.24, 2.45) is 0 Å². The fourth-order valence-electron chi connectivity index (χ4n) is 2.83. The Bertz CT molecular complexity index is 799. The number of rotatable bonds is 6. The first-order chi connectivity index (χ1) is 13.0. The van der Waals surface area contributed by atoms with E-state index in [1.165, 1.54) is 11.8 Å². The Balaban J connectivity index is 0.00000280. The standard InChI is InChI=1S/C17H18N2O7S.Na/c1-25-11-4-2-9(3-5-11)7-26-17(24)18-12-14(21)19-13(16(22)23)10(6-20)8-27-15(12)19;/h2-5,12,15,20H,6-8H2,1H3,(H,18,24)(H,22,23);/q;+1/p-1/t12-,15+;/m1./s1. The first-order valence-corrected chi connectivity index (χ1v) is 9.06. The molecular formula is C17H17N2NaO7S. The van der Waals surface area contributed by atoms with E-state index in [0.717, 1.165) is 10.5 Å². The minimum absolute atomic E-state index is 0. The summed E-state index contributed by atoms with van der Waals surface area (Å²) in [6.45, 7) is -0.466. The Morgan fingerprint density at radius 1 is 1.36 bits per heavy atom. The first-order valence-electron chi connectivity index (χ1n) is 8.01. The Morgan fingerprint density at radius 3 is 2.61 bits per heavy atom. The van der Waals surface area contributed by atoms with Crippen molar-refractivity contribution in [2.45, 2.75) is 18.0 Å². The number of nitrogens with zero attached hydrogens (tertiary/aromatic N) is 1. The third kappa shape index (κ3) is 4.47. The Hall–Kier alpha value is -1.72. The smallest absolute Gasteiger partial charge is 0.543 e. The van der Waals surface area contributed by atoms with Gasteiger partial charge in [0.1, 0.15) is 23.8 Å². The van der Waals surface area contributed by atoms with Crippen LogP contribution in [0, 0.1) is 0 Å². The normalized spacial score (nSPS) is 20.5. The van der Waals surface area contributed by atoms with Gasteiger partial charge in [0.05, 0.1) is 25.4 Å². The number of aliphatic hydroxyl groups excluding tert-OH is 1. The van der Waals surface area contributed by atoms with Crippen molar-refractivity contribution in [3.05, 3.63) is 41.1 Å². The maximum atomic E-state index is 12.3. The largest absolute Gasteiger partial charge is 1.00 e. The molecule has 11 heteroatoms. The zero-order valence-corrected chi connectivity index (χ0v) is 18.2. The molecule has 3 rings (SSSR count). The summed E-state index contributed by atoms with van der Waals surface area (Å²) in [4.78, 5) is 36.6. The second-order valence-electron chi connectivity index (χ2n) is 5.85. The number of carboxylic acids is 1. The van der Waals surface area contributed by atoms with E-state index >= 15 is 0 Å². The molecule has 0 spiro atoms. The molecule has 0 aromatic heterocycles. The molecule has 0 aliphatic carbocycles. The van der Waals surface area contributed by atoms with Crippen molar-refractivity contribution in [3.63, 3.8) is 0 Å². The van der Waals surface area contributed by atoms with Gasteiger partial charge in [0, 0.05) is 5.75 Å². The van der Waals surface area contributed by atoms with Crippen molar-refractivity contribution < 1.29 is 63.6 Å². The third-order valence-corrected chi connectivity index (χ3v) is 5.57. The number of β-lactam (4-membered cyclic amide) rings is 1. The van der Waals surface area contributed by atoms with Gasteiger partial charge >= 0.3 is 35.7 Å². The zero-order chi connectivity index (χ0) is 19.6. The maximum Gasteiger partial charge on any atom is 1.00 e. The van der Waals surface area contributed by atoms with E-state index in [1.807, 2.05) is 0 Å². The van der Waals surface area contributed by atoms with Gasteiger partial charge in [-0.25, -0.2) is 4.79 Å². The predicted octanol–water partition coefficient (Wildman–Crippen LogP) is -3.79. The molecule has 2 aliphatic heterocycles. The number of benzene rings is 1. The second-order valence-corrected chi connectivity index (χ2v) is 6.96. The van der Waals surface area contributed by atoms with Gasteiger partial charge in [-0.3, -0.25) is 9.69 Å². The molecular weight excluding hydrogens is 399 g/mol. The monoisotopic (exact) mass is 416 g/mol. The van der Waals surface area contributed by atoms with E-state index in [9.17, 15) is 24.6 Å². The number of ether oxygens (including phenoxy) is 2. The van der Waals surface area contributed by atoms with Crippen LogP contribution in [0.2, 0.25) is 0 Å². The molecule has 2 heterocycles. The molecule has 1 fully saturated rings. The summed E-state index contributed by atoms with van der Waals surface area (Å²) in [5.41, 5.74) is 0.635. The molecule has 0 saturated carbocycles. The number of carbonyl (C=O) groups excluding carboxylic acids is 3. The SMILES string of the molecule is COc1ccc(COC(=O)N[C@@H]2C(=O)N3C(C(=O)[O-])=C(CO)CS[C@@H]23)cc1.[Na+]. The number of nitrogens with one attached hydrogen (secondary N) is 1. The fourth-order valence-corrected chi connectivity index (χ4v) is 4.17. The van der Waals surface area contributed by atoms with Crippen LogP contribution in [0.1, 0.15) is 5.56 Å². The number of aliphatic carboxylic acids is 1. The molecule has 2 aliphatic rings. The van der Waals surface area contributed by atoms with Crippen LogP contribution >= 0.6 is 11.8 Å². The van der Waals surface area contributed by atoms with Crippen molar-refractivity contribution in [1.82, 2.24) is 10.2 Å². The summed E-state index contributed by atoms with van der Waals surface area (Å²) in [6, 6.07) is 6.05. The number of alkyl carbamates (subject to hydrolysis) is 1. The van der Waals surface area contributed by atoms with E-state index in [2.05, 4.69) is 5.32 Å². The number of fused-ring (bicyclic) bond motifs is 1. The molecule has 1 saturated heterocycles. The number of hydrogen-bond acceptors (Lipinski definition) is 8. The Morgan fingerprint density at radius 2 is 2.04 bits per heavy atom. The van der Waals surface area contributed by atoms with Crippen LogP contribution in [0.15, 0.2) is 35.5 Å². The molecule has 0 bridgehead atoms. The molecule has 144 valence electrons. The quantitative estimate of drug-likeness (QED) is 0.357. The summed E-state index contributed by atoms with van der Waals surface area (Å²) >= 11 is 1.25. The van der Waals surface area contributed by atoms with Gasteiger partial charge in [0.25, 0.3) is 5.91 Å². The second kappa shape index (κ2) is 9.66. The van der Waals surface area contributed by atoms with Crippen molar-refractivity contribution >= 4 is 29.7 Å². The molecule has 28 heavy (non-hydrogen) atoms. The van der Waals surface area contributed by atoms with Gasteiger partial charge in [0.2, 0.25) is 0 Å². The van der Waals surface area contributed by atoms with E-state index in [-0.39, 0.29) is 53.2 Å².